The van der Waals surface area contributed by atoms with Gasteiger partial charge in [-0.25, -0.2) is 0 Å². The van der Waals surface area contributed by atoms with Gasteiger partial charge in [0.05, 0.1) is 0 Å². The third-order valence-corrected chi connectivity index (χ3v) is 2.36. The van der Waals surface area contributed by atoms with Crippen molar-refractivity contribution in [3.63, 3.8) is 0 Å². The summed E-state index contributed by atoms with van der Waals surface area (Å²) in [5.74, 6) is 0. The minimum Gasteiger partial charge on any atom is -0.0622 e. The molecule has 2 rings (SSSR count). The predicted octanol–water partition coefficient (Wildman–Crippen LogP) is 3.72. The van der Waals surface area contributed by atoms with Crippen molar-refractivity contribution in [3.8, 4) is 11.1 Å². The molecule has 0 spiro atoms. The van der Waals surface area contributed by atoms with Gasteiger partial charge in [0.25, 0.3) is 0 Å². The van der Waals surface area contributed by atoms with Crippen molar-refractivity contribution in [1.29, 1.82) is 0 Å². The van der Waals surface area contributed by atoms with E-state index in [1.165, 1.54) is 16.7 Å². The summed E-state index contributed by atoms with van der Waals surface area (Å²) in [6, 6.07) is 20.0. The van der Waals surface area contributed by atoms with Gasteiger partial charge in [-0.2, -0.15) is 0 Å². The van der Waals surface area contributed by atoms with Crippen LogP contribution in [0.3, 0.4) is 0 Å². The number of benzene rings is 2. The molecule has 1 radical (unpaired) electrons. The molecule has 2 aromatic rings. The molecule has 0 bridgehead atoms. The lowest BCUT2D eigenvalue weighted by molar-refractivity contribution is 1.14. The van der Waals surface area contributed by atoms with Crippen molar-refractivity contribution in [3.05, 3.63) is 60.2 Å². The van der Waals surface area contributed by atoms with Crippen LogP contribution in [0.4, 0.5) is 0 Å². The topological polar surface area (TPSA) is 0 Å². The van der Waals surface area contributed by atoms with Crippen LogP contribution in [-0.2, 0) is 6.42 Å². The van der Waals surface area contributed by atoms with E-state index in [0.29, 0.717) is 0 Å². The SMILES string of the molecule is CCc1cc[c]c(-c2ccccc2)c1. The molecule has 0 aromatic heterocycles. The largest absolute Gasteiger partial charge is 0.0622 e. The van der Waals surface area contributed by atoms with Crippen LogP contribution in [0.1, 0.15) is 12.5 Å². The molecule has 0 aliphatic rings. The lowest BCUT2D eigenvalue weighted by Gasteiger charge is -2.02. The third-order valence-electron chi connectivity index (χ3n) is 2.36. The molecule has 0 heteroatoms. The zero-order valence-corrected chi connectivity index (χ0v) is 8.33. The van der Waals surface area contributed by atoms with Gasteiger partial charge in [0, 0.05) is 0 Å². The van der Waals surface area contributed by atoms with Crippen molar-refractivity contribution >= 4 is 0 Å². The van der Waals surface area contributed by atoms with Gasteiger partial charge < -0.3 is 0 Å². The van der Waals surface area contributed by atoms with Gasteiger partial charge in [0.2, 0.25) is 0 Å². The Morgan fingerprint density at radius 1 is 1.07 bits per heavy atom. The van der Waals surface area contributed by atoms with Crippen LogP contribution in [-0.4, -0.2) is 0 Å². The van der Waals surface area contributed by atoms with Gasteiger partial charge in [-0.05, 0) is 29.2 Å². The first-order valence-electron chi connectivity index (χ1n) is 4.96. The summed E-state index contributed by atoms with van der Waals surface area (Å²) in [5, 5.41) is 0. The quantitative estimate of drug-likeness (QED) is 0.662. The van der Waals surface area contributed by atoms with E-state index in [1.807, 2.05) is 12.1 Å². The smallest absolute Gasteiger partial charge is 0.00990 e. The second-order valence-electron chi connectivity index (χ2n) is 3.33. The highest BCUT2D eigenvalue weighted by Gasteiger charge is 1.96. The van der Waals surface area contributed by atoms with Crippen LogP contribution in [0.25, 0.3) is 11.1 Å². The minimum absolute atomic E-state index is 1.08. The van der Waals surface area contributed by atoms with Gasteiger partial charge >= 0.3 is 0 Å². The zero-order valence-electron chi connectivity index (χ0n) is 8.33. The van der Waals surface area contributed by atoms with Crippen LogP contribution in [0.15, 0.2) is 48.5 Å². The number of aryl methyl sites for hydroxylation is 1. The molecule has 0 aliphatic carbocycles. The highest BCUT2D eigenvalue weighted by Crippen LogP contribution is 2.19. The second-order valence-corrected chi connectivity index (χ2v) is 3.33. The molecule has 0 amide bonds. The molecule has 0 atom stereocenters. The van der Waals surface area contributed by atoms with Crippen molar-refractivity contribution < 1.29 is 0 Å². The number of hydrogen-bond donors (Lipinski definition) is 0. The first-order valence-corrected chi connectivity index (χ1v) is 4.96. The van der Waals surface area contributed by atoms with Crippen molar-refractivity contribution in [2.24, 2.45) is 0 Å². The molecule has 0 nitrogen and oxygen atoms in total. The summed E-state index contributed by atoms with van der Waals surface area (Å²) in [4.78, 5) is 0. The fourth-order valence-electron chi connectivity index (χ4n) is 1.52. The summed E-state index contributed by atoms with van der Waals surface area (Å²) < 4.78 is 0. The van der Waals surface area contributed by atoms with Crippen LogP contribution in [0.2, 0.25) is 0 Å². The maximum atomic E-state index is 3.26. The van der Waals surface area contributed by atoms with E-state index >= 15 is 0 Å². The van der Waals surface area contributed by atoms with E-state index in [9.17, 15) is 0 Å². The molecular formula is C14H13. The Balaban J connectivity index is 2.42. The summed E-state index contributed by atoms with van der Waals surface area (Å²) in [6.07, 6.45) is 1.08. The molecule has 14 heavy (non-hydrogen) atoms. The Labute approximate surface area is 85.2 Å². The van der Waals surface area contributed by atoms with Crippen molar-refractivity contribution in [1.82, 2.24) is 0 Å². The monoisotopic (exact) mass is 181 g/mol. The minimum atomic E-state index is 1.08. The molecule has 0 saturated carbocycles. The van der Waals surface area contributed by atoms with Gasteiger partial charge in [-0.3, -0.25) is 0 Å². The lowest BCUT2D eigenvalue weighted by atomic mass is 10.0. The fourth-order valence-corrected chi connectivity index (χ4v) is 1.52. The van der Waals surface area contributed by atoms with Crippen LogP contribution in [0, 0.1) is 6.07 Å². The van der Waals surface area contributed by atoms with E-state index in [-0.39, 0.29) is 0 Å². The lowest BCUT2D eigenvalue weighted by Crippen LogP contribution is -1.82. The standard InChI is InChI=1S/C14H13/c1-2-12-7-6-10-14(11-12)13-8-4-3-5-9-13/h3-9,11H,2H2,1H3. The molecule has 0 aliphatic heterocycles. The molecule has 0 fully saturated rings. The maximum absolute atomic E-state index is 3.26. The van der Waals surface area contributed by atoms with E-state index in [2.05, 4.69) is 49.4 Å². The molecule has 69 valence electrons. The third kappa shape index (κ3) is 1.85. The molecular weight excluding hydrogens is 168 g/mol. The average Bonchev–Trinajstić information content (AvgIpc) is 2.30. The zero-order chi connectivity index (χ0) is 9.80. The highest BCUT2D eigenvalue weighted by atomic mass is 14.0. The van der Waals surface area contributed by atoms with E-state index < -0.39 is 0 Å². The Morgan fingerprint density at radius 2 is 1.86 bits per heavy atom. The van der Waals surface area contributed by atoms with Gasteiger partial charge in [-0.1, -0.05) is 55.5 Å². The van der Waals surface area contributed by atoms with E-state index in [0.717, 1.165) is 6.42 Å². The number of hydrogen-bond acceptors (Lipinski definition) is 0. The summed E-state index contributed by atoms with van der Waals surface area (Å²) in [7, 11) is 0. The van der Waals surface area contributed by atoms with Gasteiger partial charge in [0.1, 0.15) is 0 Å². The average molecular weight is 181 g/mol. The Morgan fingerprint density at radius 3 is 2.57 bits per heavy atom. The predicted molar refractivity (Wildman–Crippen MR) is 60.1 cm³/mol. The van der Waals surface area contributed by atoms with Crippen LogP contribution in [0.5, 0.6) is 0 Å². The first kappa shape index (κ1) is 9.01. The normalized spacial score (nSPS) is 10.1. The van der Waals surface area contributed by atoms with E-state index in [4.69, 9.17) is 0 Å². The Kier molecular flexibility index (Phi) is 2.64. The second kappa shape index (κ2) is 4.10. The van der Waals surface area contributed by atoms with Gasteiger partial charge in [-0.15, -0.1) is 0 Å². The molecule has 2 aromatic carbocycles. The maximum Gasteiger partial charge on any atom is -0.00990 e. The molecule has 0 saturated heterocycles. The fraction of sp³-hybridized carbons (Fsp3) is 0.143. The summed E-state index contributed by atoms with van der Waals surface area (Å²) in [5.41, 5.74) is 3.79. The highest BCUT2D eigenvalue weighted by molar-refractivity contribution is 5.63. The van der Waals surface area contributed by atoms with Crippen molar-refractivity contribution in [2.75, 3.05) is 0 Å². The van der Waals surface area contributed by atoms with Crippen molar-refractivity contribution in [2.45, 2.75) is 13.3 Å². The van der Waals surface area contributed by atoms with E-state index in [1.54, 1.807) is 0 Å². The number of rotatable bonds is 2. The first-order chi connectivity index (χ1) is 6.90. The van der Waals surface area contributed by atoms with Crippen LogP contribution < -0.4 is 0 Å². The molecule has 0 N–H and O–H groups in total. The Bertz CT molecular complexity index is 401. The molecule has 0 heterocycles. The summed E-state index contributed by atoms with van der Waals surface area (Å²) in [6.45, 7) is 2.17. The van der Waals surface area contributed by atoms with Crippen LogP contribution >= 0.6 is 0 Å². The molecule has 0 unspecified atom stereocenters. The van der Waals surface area contributed by atoms with Gasteiger partial charge in [0.15, 0.2) is 0 Å². The summed E-state index contributed by atoms with van der Waals surface area (Å²) >= 11 is 0. The Hall–Kier alpha value is -1.56.